The molecule has 2 rings (SSSR count). The Morgan fingerprint density at radius 3 is 2.41 bits per heavy atom. The maximum absolute atomic E-state index is 12.4. The number of hydrogen-bond acceptors (Lipinski definition) is 5. The number of hydrogen-bond donors (Lipinski definition) is 1. The molecule has 0 aromatic heterocycles. The molecule has 1 saturated heterocycles. The Morgan fingerprint density at radius 1 is 1.14 bits per heavy atom. The minimum atomic E-state index is -0.470. The van der Waals surface area contributed by atoms with Crippen LogP contribution in [0.2, 0.25) is 0 Å². The van der Waals surface area contributed by atoms with Gasteiger partial charge in [0.1, 0.15) is 5.60 Å². The third-order valence-electron chi connectivity index (χ3n) is 3.76. The van der Waals surface area contributed by atoms with E-state index in [1.54, 1.807) is 14.2 Å². The fraction of sp³-hybridized carbons (Fsp3) is 0.588. The molecule has 0 aliphatic carbocycles. The number of esters is 1. The zero-order valence-electron chi connectivity index (χ0n) is 13.9. The summed E-state index contributed by atoms with van der Waals surface area (Å²) in [6, 6.07) is 5.79. The van der Waals surface area contributed by atoms with Gasteiger partial charge < -0.3 is 19.5 Å². The fourth-order valence-corrected chi connectivity index (χ4v) is 2.74. The number of ether oxygens (including phenoxy) is 3. The average molecular weight is 307 g/mol. The van der Waals surface area contributed by atoms with Crippen molar-refractivity contribution in [3.05, 3.63) is 23.8 Å². The van der Waals surface area contributed by atoms with E-state index in [0.717, 1.165) is 12.1 Å². The second-order valence-corrected chi connectivity index (χ2v) is 6.52. The van der Waals surface area contributed by atoms with E-state index in [9.17, 15) is 4.79 Å². The van der Waals surface area contributed by atoms with Crippen LogP contribution in [0.4, 0.5) is 0 Å². The van der Waals surface area contributed by atoms with Crippen molar-refractivity contribution in [1.82, 2.24) is 5.32 Å². The van der Waals surface area contributed by atoms with E-state index in [2.05, 4.69) is 5.32 Å². The Kier molecular flexibility index (Phi) is 4.96. The van der Waals surface area contributed by atoms with E-state index < -0.39 is 5.60 Å². The first-order chi connectivity index (χ1) is 10.4. The first-order valence-corrected chi connectivity index (χ1v) is 7.51. The molecule has 0 saturated carbocycles. The molecule has 1 N–H and O–H groups in total. The molecule has 22 heavy (non-hydrogen) atoms. The molecule has 0 amide bonds. The number of methoxy groups -OCH3 is 2. The molecule has 0 radical (unpaired) electrons. The average Bonchev–Trinajstić information content (AvgIpc) is 2.94. The Morgan fingerprint density at radius 2 is 1.82 bits per heavy atom. The monoisotopic (exact) mass is 307 g/mol. The van der Waals surface area contributed by atoms with Gasteiger partial charge in [-0.3, -0.25) is 4.79 Å². The predicted molar refractivity (Wildman–Crippen MR) is 84.5 cm³/mol. The molecule has 0 spiro atoms. The first-order valence-electron chi connectivity index (χ1n) is 7.51. The third kappa shape index (κ3) is 3.71. The summed E-state index contributed by atoms with van der Waals surface area (Å²) in [5, 5.41) is 3.28. The van der Waals surface area contributed by atoms with Crippen molar-refractivity contribution in [2.75, 3.05) is 27.3 Å². The lowest BCUT2D eigenvalue weighted by atomic mass is 9.88. The van der Waals surface area contributed by atoms with Crippen LogP contribution >= 0.6 is 0 Å². The summed E-state index contributed by atoms with van der Waals surface area (Å²) < 4.78 is 16.2. The van der Waals surface area contributed by atoms with Gasteiger partial charge in [0.2, 0.25) is 0 Å². The van der Waals surface area contributed by atoms with Gasteiger partial charge >= 0.3 is 5.97 Å². The van der Waals surface area contributed by atoms with Gasteiger partial charge in [0, 0.05) is 19.0 Å². The van der Waals surface area contributed by atoms with E-state index in [4.69, 9.17) is 14.2 Å². The van der Waals surface area contributed by atoms with Crippen LogP contribution < -0.4 is 14.8 Å². The van der Waals surface area contributed by atoms with Gasteiger partial charge in [0.25, 0.3) is 0 Å². The van der Waals surface area contributed by atoms with Gasteiger partial charge in [-0.05, 0) is 38.5 Å². The molecule has 1 aromatic rings. The van der Waals surface area contributed by atoms with Crippen molar-refractivity contribution in [3.8, 4) is 11.5 Å². The van der Waals surface area contributed by atoms with Crippen LogP contribution in [0.5, 0.6) is 11.5 Å². The lowest BCUT2D eigenvalue weighted by Crippen LogP contribution is -2.31. The molecular formula is C17H25NO4. The summed E-state index contributed by atoms with van der Waals surface area (Å²) >= 11 is 0. The van der Waals surface area contributed by atoms with Crippen LogP contribution in [0.1, 0.15) is 32.3 Å². The summed E-state index contributed by atoms with van der Waals surface area (Å²) in [6.45, 7) is 7.05. The smallest absolute Gasteiger partial charge is 0.311 e. The maximum Gasteiger partial charge on any atom is 0.311 e. The van der Waals surface area contributed by atoms with Crippen molar-refractivity contribution < 1.29 is 19.0 Å². The molecule has 0 unspecified atom stereocenters. The summed E-state index contributed by atoms with van der Waals surface area (Å²) in [4.78, 5) is 12.4. The number of rotatable bonds is 4. The van der Waals surface area contributed by atoms with Crippen molar-refractivity contribution in [2.24, 2.45) is 5.92 Å². The van der Waals surface area contributed by atoms with Crippen LogP contribution in [-0.2, 0) is 9.53 Å². The fourth-order valence-electron chi connectivity index (χ4n) is 2.74. The molecule has 0 bridgehead atoms. The van der Waals surface area contributed by atoms with Crippen molar-refractivity contribution in [2.45, 2.75) is 32.3 Å². The van der Waals surface area contributed by atoms with Gasteiger partial charge in [0.15, 0.2) is 11.5 Å². The van der Waals surface area contributed by atoms with Gasteiger partial charge in [0.05, 0.1) is 20.1 Å². The lowest BCUT2D eigenvalue weighted by molar-refractivity contribution is -0.159. The van der Waals surface area contributed by atoms with E-state index in [0.29, 0.717) is 18.0 Å². The molecule has 5 heteroatoms. The Bertz CT molecular complexity index is 536. The van der Waals surface area contributed by atoms with Crippen LogP contribution in [-0.4, -0.2) is 38.9 Å². The van der Waals surface area contributed by atoms with Crippen LogP contribution in [0.3, 0.4) is 0 Å². The number of carbonyl (C=O) groups is 1. The quantitative estimate of drug-likeness (QED) is 0.865. The third-order valence-corrected chi connectivity index (χ3v) is 3.76. The Hall–Kier alpha value is -1.75. The van der Waals surface area contributed by atoms with E-state index in [-0.39, 0.29) is 17.8 Å². The summed E-state index contributed by atoms with van der Waals surface area (Å²) in [6.07, 6.45) is 0. The number of nitrogens with one attached hydrogen (secondary N) is 1. The van der Waals surface area contributed by atoms with Gasteiger partial charge in [-0.2, -0.15) is 0 Å². The van der Waals surface area contributed by atoms with E-state index >= 15 is 0 Å². The molecule has 1 heterocycles. The van der Waals surface area contributed by atoms with Gasteiger partial charge in [-0.1, -0.05) is 6.07 Å². The zero-order chi connectivity index (χ0) is 16.3. The lowest BCUT2D eigenvalue weighted by Gasteiger charge is -2.25. The maximum atomic E-state index is 12.4. The second-order valence-electron chi connectivity index (χ2n) is 6.52. The molecule has 1 aliphatic rings. The standard InChI is InChI=1S/C17H25NO4/c1-17(2,3)22-16(19)13-10-18-9-12(13)11-6-7-14(20-4)15(8-11)21-5/h6-8,12-13,18H,9-10H2,1-5H3/t12-,13+/m0/s1. The summed E-state index contributed by atoms with van der Waals surface area (Å²) in [7, 11) is 3.22. The van der Waals surface area contributed by atoms with Gasteiger partial charge in [-0.15, -0.1) is 0 Å². The van der Waals surface area contributed by atoms with E-state index in [1.165, 1.54) is 0 Å². The molecule has 1 aliphatic heterocycles. The van der Waals surface area contributed by atoms with Crippen molar-refractivity contribution >= 4 is 5.97 Å². The highest BCUT2D eigenvalue weighted by atomic mass is 16.6. The highest BCUT2D eigenvalue weighted by Crippen LogP contribution is 2.35. The molecule has 1 fully saturated rings. The van der Waals surface area contributed by atoms with Crippen molar-refractivity contribution in [3.63, 3.8) is 0 Å². The molecule has 1 aromatic carbocycles. The van der Waals surface area contributed by atoms with E-state index in [1.807, 2.05) is 39.0 Å². The number of carbonyl (C=O) groups excluding carboxylic acids is 1. The summed E-state index contributed by atoms with van der Waals surface area (Å²) in [5.74, 6) is 1.10. The van der Waals surface area contributed by atoms with Crippen LogP contribution in [0.15, 0.2) is 18.2 Å². The molecular weight excluding hydrogens is 282 g/mol. The highest BCUT2D eigenvalue weighted by molar-refractivity contribution is 5.75. The largest absolute Gasteiger partial charge is 0.493 e. The predicted octanol–water partition coefficient (Wildman–Crippen LogP) is 2.35. The Balaban J connectivity index is 2.22. The van der Waals surface area contributed by atoms with Crippen molar-refractivity contribution in [1.29, 1.82) is 0 Å². The minimum Gasteiger partial charge on any atom is -0.493 e. The van der Waals surface area contributed by atoms with Crippen LogP contribution in [0.25, 0.3) is 0 Å². The zero-order valence-corrected chi connectivity index (χ0v) is 13.9. The first kappa shape index (κ1) is 16.6. The minimum absolute atomic E-state index is 0.0784. The topological polar surface area (TPSA) is 56.8 Å². The molecule has 122 valence electrons. The highest BCUT2D eigenvalue weighted by Gasteiger charge is 2.37. The second kappa shape index (κ2) is 6.57. The normalized spacial score (nSPS) is 21.5. The molecule has 2 atom stereocenters. The van der Waals surface area contributed by atoms with Crippen LogP contribution in [0, 0.1) is 5.92 Å². The molecule has 5 nitrogen and oxygen atoms in total. The number of benzene rings is 1. The van der Waals surface area contributed by atoms with Gasteiger partial charge in [-0.25, -0.2) is 0 Å². The summed E-state index contributed by atoms with van der Waals surface area (Å²) in [5.41, 5.74) is 0.584. The Labute approximate surface area is 131 Å². The SMILES string of the molecule is COc1ccc([C@@H]2CNC[C@H]2C(=O)OC(C)(C)C)cc1OC.